The molecule has 0 saturated heterocycles. The van der Waals surface area contributed by atoms with Gasteiger partial charge in [-0.15, -0.1) is 0 Å². The van der Waals surface area contributed by atoms with Gasteiger partial charge in [0.1, 0.15) is 0 Å². The first-order chi connectivity index (χ1) is 9.75. The first-order valence-corrected chi connectivity index (χ1v) is 7.27. The number of imidazole rings is 1. The fourth-order valence-corrected chi connectivity index (χ4v) is 3.30. The highest BCUT2D eigenvalue weighted by atomic mass is 32.1. The zero-order valence-electron chi connectivity index (χ0n) is 11.2. The van der Waals surface area contributed by atoms with E-state index in [4.69, 9.17) is 12.2 Å². The van der Waals surface area contributed by atoms with Gasteiger partial charge in [-0.1, -0.05) is 30.3 Å². The summed E-state index contributed by atoms with van der Waals surface area (Å²) in [5, 5.41) is 0. The lowest BCUT2D eigenvalue weighted by molar-refractivity contribution is 0.721. The molecule has 1 aliphatic rings. The molecule has 0 amide bonds. The summed E-state index contributed by atoms with van der Waals surface area (Å²) in [4.78, 5) is 7.82. The van der Waals surface area contributed by atoms with Gasteiger partial charge < -0.3 is 4.98 Å². The van der Waals surface area contributed by atoms with Crippen molar-refractivity contribution in [2.24, 2.45) is 0 Å². The number of nitrogens with zero attached hydrogens (tertiary/aromatic N) is 2. The van der Waals surface area contributed by atoms with Crippen LogP contribution in [0.4, 0.5) is 0 Å². The van der Waals surface area contributed by atoms with Crippen LogP contribution in [0.25, 0.3) is 11.2 Å². The molecule has 0 spiro atoms. The quantitative estimate of drug-likeness (QED) is 0.716. The van der Waals surface area contributed by atoms with Crippen molar-refractivity contribution in [1.82, 2.24) is 14.5 Å². The summed E-state index contributed by atoms with van der Waals surface area (Å²) >= 11 is 5.50. The second-order valence-corrected chi connectivity index (χ2v) is 5.83. The van der Waals surface area contributed by atoms with Gasteiger partial charge in [0, 0.05) is 18.2 Å². The van der Waals surface area contributed by atoms with E-state index in [0.717, 1.165) is 22.4 Å². The molecular weight excluding hydrogens is 266 g/mol. The lowest BCUT2D eigenvalue weighted by Crippen LogP contribution is -1.97. The first kappa shape index (κ1) is 11.9. The maximum absolute atomic E-state index is 5.50. The minimum Gasteiger partial charge on any atom is -0.329 e. The lowest BCUT2D eigenvalue weighted by Gasteiger charge is -2.04. The van der Waals surface area contributed by atoms with Gasteiger partial charge in [-0.05, 0) is 42.8 Å². The number of nitrogens with one attached hydrogen (secondary N) is 1. The van der Waals surface area contributed by atoms with E-state index in [1.165, 1.54) is 11.1 Å². The van der Waals surface area contributed by atoms with E-state index in [1.54, 1.807) is 0 Å². The summed E-state index contributed by atoms with van der Waals surface area (Å²) in [6, 6.07) is 13.1. The van der Waals surface area contributed by atoms with Crippen molar-refractivity contribution in [2.45, 2.75) is 25.3 Å². The molecule has 2 unspecified atom stereocenters. The number of H-pyrrole nitrogens is 1. The van der Waals surface area contributed by atoms with E-state index < -0.39 is 0 Å². The Hall–Kier alpha value is -1.94. The Labute approximate surface area is 122 Å². The van der Waals surface area contributed by atoms with Crippen molar-refractivity contribution in [3.8, 4) is 0 Å². The van der Waals surface area contributed by atoms with Crippen LogP contribution < -0.4 is 0 Å². The number of rotatable bonds is 2. The Kier molecular flexibility index (Phi) is 2.54. The Balaban J connectivity index is 1.80. The molecule has 2 heterocycles. The molecule has 3 aromatic rings. The Morgan fingerprint density at radius 1 is 1.25 bits per heavy atom. The third-order valence-corrected chi connectivity index (χ3v) is 4.43. The number of aromatic amines is 1. The van der Waals surface area contributed by atoms with E-state index >= 15 is 0 Å². The predicted molar refractivity (Wildman–Crippen MR) is 82.5 cm³/mol. The highest BCUT2D eigenvalue weighted by molar-refractivity contribution is 7.71. The van der Waals surface area contributed by atoms with Gasteiger partial charge in [0.25, 0.3) is 0 Å². The minimum atomic E-state index is 0.438. The van der Waals surface area contributed by atoms with E-state index in [0.29, 0.717) is 12.0 Å². The molecule has 1 aromatic carbocycles. The third-order valence-electron chi connectivity index (χ3n) is 4.13. The number of fused-ring (bicyclic) bond motifs is 1. The average Bonchev–Trinajstić information content (AvgIpc) is 3.17. The highest BCUT2D eigenvalue weighted by Crippen LogP contribution is 2.52. The van der Waals surface area contributed by atoms with E-state index in [-0.39, 0.29) is 0 Å². The van der Waals surface area contributed by atoms with Gasteiger partial charge in [0.05, 0.1) is 5.52 Å². The highest BCUT2D eigenvalue weighted by Gasteiger charge is 2.41. The molecule has 0 aliphatic heterocycles. The molecule has 3 nitrogen and oxygen atoms in total. The van der Waals surface area contributed by atoms with E-state index in [9.17, 15) is 0 Å². The van der Waals surface area contributed by atoms with E-state index in [1.807, 2.05) is 12.3 Å². The second kappa shape index (κ2) is 4.28. The molecule has 1 N–H and O–H groups in total. The normalized spacial score (nSPS) is 21.2. The van der Waals surface area contributed by atoms with Crippen LogP contribution in [-0.2, 0) is 0 Å². The summed E-state index contributed by atoms with van der Waals surface area (Å²) in [7, 11) is 0. The summed E-state index contributed by atoms with van der Waals surface area (Å²) in [5.41, 5.74) is 4.63. The number of aryl methyl sites for hydroxylation is 1. The molecule has 1 aliphatic carbocycles. The number of pyridine rings is 1. The summed E-state index contributed by atoms with van der Waals surface area (Å²) in [5.74, 6) is 0.559. The Bertz CT molecular complexity index is 832. The van der Waals surface area contributed by atoms with Gasteiger partial charge in [-0.25, -0.2) is 4.98 Å². The topological polar surface area (TPSA) is 33.6 Å². The zero-order valence-corrected chi connectivity index (χ0v) is 12.0. The van der Waals surface area contributed by atoms with Gasteiger partial charge in [-0.3, -0.25) is 4.57 Å². The van der Waals surface area contributed by atoms with Gasteiger partial charge in [0.2, 0.25) is 0 Å². The van der Waals surface area contributed by atoms with Crippen LogP contribution in [0.3, 0.4) is 0 Å². The molecular formula is C16H15N3S. The van der Waals surface area contributed by atoms with Crippen LogP contribution >= 0.6 is 12.2 Å². The van der Waals surface area contributed by atoms with E-state index in [2.05, 4.69) is 51.8 Å². The van der Waals surface area contributed by atoms with Crippen LogP contribution in [0.5, 0.6) is 0 Å². The maximum Gasteiger partial charge on any atom is 0.179 e. The van der Waals surface area contributed by atoms with Crippen molar-refractivity contribution in [3.63, 3.8) is 0 Å². The third kappa shape index (κ3) is 1.72. The van der Waals surface area contributed by atoms with Gasteiger partial charge in [-0.2, -0.15) is 0 Å². The number of hydrogen-bond donors (Lipinski definition) is 1. The van der Waals surface area contributed by atoms with Crippen molar-refractivity contribution >= 4 is 23.4 Å². The molecule has 4 heteroatoms. The number of hydrogen-bond acceptors (Lipinski definition) is 2. The molecule has 4 rings (SSSR count). The molecule has 1 saturated carbocycles. The lowest BCUT2D eigenvalue weighted by atomic mass is 10.1. The Morgan fingerprint density at radius 3 is 2.85 bits per heavy atom. The van der Waals surface area contributed by atoms with Crippen molar-refractivity contribution in [1.29, 1.82) is 0 Å². The average molecular weight is 281 g/mol. The smallest absolute Gasteiger partial charge is 0.179 e. The van der Waals surface area contributed by atoms with Gasteiger partial charge in [0.15, 0.2) is 10.4 Å². The number of aromatic nitrogens is 3. The van der Waals surface area contributed by atoms with Crippen molar-refractivity contribution < 1.29 is 0 Å². The predicted octanol–water partition coefficient (Wildman–Crippen LogP) is 4.13. The minimum absolute atomic E-state index is 0.438. The van der Waals surface area contributed by atoms with Crippen LogP contribution in [-0.4, -0.2) is 14.5 Å². The van der Waals surface area contributed by atoms with Crippen molar-refractivity contribution in [3.05, 3.63) is 58.5 Å². The zero-order chi connectivity index (χ0) is 13.7. The van der Waals surface area contributed by atoms with Gasteiger partial charge >= 0.3 is 0 Å². The largest absolute Gasteiger partial charge is 0.329 e. The molecule has 2 aromatic heterocycles. The molecule has 20 heavy (non-hydrogen) atoms. The fourth-order valence-electron chi connectivity index (χ4n) is 2.98. The van der Waals surface area contributed by atoms with Crippen LogP contribution in [0, 0.1) is 11.7 Å². The van der Waals surface area contributed by atoms with Crippen LogP contribution in [0.15, 0.2) is 42.6 Å². The molecule has 1 fully saturated rings. The molecule has 2 atom stereocenters. The maximum atomic E-state index is 5.50. The standard InChI is InChI=1S/C16H15N3S/c1-10-7-8-17-15-14(10)18-16(20)19(15)13-9-12(13)11-5-3-2-4-6-11/h2-8,12-13H,9H2,1H3,(H,18,20). The fraction of sp³-hybridized carbons (Fsp3) is 0.250. The number of benzene rings is 1. The monoisotopic (exact) mass is 281 g/mol. The Morgan fingerprint density at radius 2 is 2.05 bits per heavy atom. The molecule has 0 radical (unpaired) electrons. The SMILES string of the molecule is Cc1ccnc2c1[nH]c(=S)n2C1CC1c1ccccc1. The summed E-state index contributed by atoms with van der Waals surface area (Å²) in [6.07, 6.45) is 3.00. The summed E-state index contributed by atoms with van der Waals surface area (Å²) in [6.45, 7) is 2.08. The van der Waals surface area contributed by atoms with Crippen molar-refractivity contribution in [2.75, 3.05) is 0 Å². The summed E-state index contributed by atoms with van der Waals surface area (Å²) < 4.78 is 2.97. The van der Waals surface area contributed by atoms with Crippen LogP contribution in [0.1, 0.15) is 29.5 Å². The second-order valence-electron chi connectivity index (χ2n) is 5.45. The van der Waals surface area contributed by atoms with Crippen LogP contribution in [0.2, 0.25) is 0 Å². The molecule has 0 bridgehead atoms. The first-order valence-electron chi connectivity index (χ1n) is 6.86. The molecule has 100 valence electrons.